The Balaban J connectivity index is 1.83. The molecule has 1 aromatic carbocycles. The van der Waals surface area contributed by atoms with E-state index in [1.807, 2.05) is 42.2 Å². The molecule has 2 amide bonds. The van der Waals surface area contributed by atoms with E-state index in [1.54, 1.807) is 0 Å². The molecule has 0 bridgehead atoms. The highest BCUT2D eigenvalue weighted by Gasteiger charge is 2.31. The van der Waals surface area contributed by atoms with Crippen molar-refractivity contribution in [2.75, 3.05) is 19.6 Å². The van der Waals surface area contributed by atoms with Gasteiger partial charge in [-0.2, -0.15) is 0 Å². The fraction of sp³-hybridized carbons (Fsp3) is 0.600. The second kappa shape index (κ2) is 9.56. The molecule has 1 aromatic rings. The number of rotatable bonds is 7. The fourth-order valence-electron chi connectivity index (χ4n) is 3.30. The van der Waals surface area contributed by atoms with E-state index in [0.29, 0.717) is 13.1 Å². The van der Waals surface area contributed by atoms with E-state index in [-0.39, 0.29) is 29.7 Å². The predicted molar refractivity (Wildman–Crippen MR) is 99.8 cm³/mol. The molecule has 0 radical (unpaired) electrons. The molecule has 25 heavy (non-hydrogen) atoms. The molecule has 1 aliphatic rings. The van der Waals surface area contributed by atoms with E-state index in [0.717, 1.165) is 37.8 Å². The summed E-state index contributed by atoms with van der Waals surface area (Å²) in [6.07, 6.45) is 3.55. The molecule has 5 heteroatoms. The molecule has 138 valence electrons. The van der Waals surface area contributed by atoms with E-state index in [1.165, 1.54) is 0 Å². The first-order valence-corrected chi connectivity index (χ1v) is 9.41. The molecule has 1 heterocycles. The summed E-state index contributed by atoms with van der Waals surface area (Å²) in [7, 11) is 0. The number of unbranched alkanes of at least 4 members (excludes halogenated alkanes) is 1. The van der Waals surface area contributed by atoms with Crippen molar-refractivity contribution in [3.05, 3.63) is 35.9 Å². The summed E-state index contributed by atoms with van der Waals surface area (Å²) in [4.78, 5) is 26.8. The van der Waals surface area contributed by atoms with Gasteiger partial charge in [-0.1, -0.05) is 50.6 Å². The quantitative estimate of drug-likeness (QED) is 0.746. The molecule has 3 N–H and O–H groups in total. The van der Waals surface area contributed by atoms with Gasteiger partial charge in [0.25, 0.3) is 0 Å². The highest BCUT2D eigenvalue weighted by Crippen LogP contribution is 2.24. The van der Waals surface area contributed by atoms with E-state index in [9.17, 15) is 9.59 Å². The third kappa shape index (κ3) is 5.30. The molecular formula is C20H31N3O2. The first-order chi connectivity index (χ1) is 12.0. The Morgan fingerprint density at radius 3 is 2.48 bits per heavy atom. The lowest BCUT2D eigenvalue weighted by Crippen LogP contribution is -2.46. The highest BCUT2D eigenvalue weighted by molar-refractivity contribution is 5.81. The SMILES string of the molecule is CCCCNC(=O)C1CCN(C(=O)C(C)C(N)c2ccccc2)CC1. The Labute approximate surface area is 151 Å². The summed E-state index contributed by atoms with van der Waals surface area (Å²) in [5, 5.41) is 3.00. The molecule has 2 atom stereocenters. The lowest BCUT2D eigenvalue weighted by atomic mass is 9.91. The summed E-state index contributed by atoms with van der Waals surface area (Å²) in [6.45, 7) is 6.02. The maximum absolute atomic E-state index is 12.7. The number of hydrogen-bond donors (Lipinski definition) is 2. The Morgan fingerprint density at radius 1 is 1.24 bits per heavy atom. The Bertz CT molecular complexity index is 553. The first-order valence-electron chi connectivity index (χ1n) is 9.41. The van der Waals surface area contributed by atoms with Gasteiger partial charge in [0, 0.05) is 31.6 Å². The van der Waals surface area contributed by atoms with Gasteiger partial charge in [0.1, 0.15) is 0 Å². The average molecular weight is 345 g/mol. The van der Waals surface area contributed by atoms with Gasteiger partial charge in [0.15, 0.2) is 0 Å². The van der Waals surface area contributed by atoms with E-state index in [4.69, 9.17) is 5.73 Å². The maximum atomic E-state index is 12.7. The van der Waals surface area contributed by atoms with Gasteiger partial charge in [-0.05, 0) is 24.8 Å². The summed E-state index contributed by atoms with van der Waals surface area (Å²) in [5.41, 5.74) is 7.26. The number of amides is 2. The number of nitrogens with one attached hydrogen (secondary N) is 1. The van der Waals surface area contributed by atoms with Crippen LogP contribution in [0.4, 0.5) is 0 Å². The van der Waals surface area contributed by atoms with Gasteiger partial charge >= 0.3 is 0 Å². The summed E-state index contributed by atoms with van der Waals surface area (Å²) >= 11 is 0. The highest BCUT2D eigenvalue weighted by atomic mass is 16.2. The number of nitrogens with two attached hydrogens (primary N) is 1. The molecule has 0 saturated carbocycles. The summed E-state index contributed by atoms with van der Waals surface area (Å²) < 4.78 is 0. The van der Waals surface area contributed by atoms with Crippen LogP contribution in [0.3, 0.4) is 0 Å². The third-order valence-electron chi connectivity index (χ3n) is 5.12. The van der Waals surface area contributed by atoms with Crippen LogP contribution in [0.5, 0.6) is 0 Å². The topological polar surface area (TPSA) is 75.4 Å². The van der Waals surface area contributed by atoms with Crippen molar-refractivity contribution in [2.24, 2.45) is 17.6 Å². The van der Waals surface area contributed by atoms with Crippen LogP contribution in [0.25, 0.3) is 0 Å². The van der Waals surface area contributed by atoms with Crippen molar-refractivity contribution in [3.8, 4) is 0 Å². The minimum absolute atomic E-state index is 0.0269. The molecule has 1 saturated heterocycles. The zero-order chi connectivity index (χ0) is 18.2. The van der Waals surface area contributed by atoms with Crippen molar-refractivity contribution in [1.29, 1.82) is 0 Å². The Kier molecular flexibility index (Phi) is 7.44. The van der Waals surface area contributed by atoms with Crippen LogP contribution in [0.1, 0.15) is 51.1 Å². The normalized spacial score (nSPS) is 17.8. The second-order valence-corrected chi connectivity index (χ2v) is 6.97. The van der Waals surface area contributed by atoms with Crippen molar-refractivity contribution in [3.63, 3.8) is 0 Å². The smallest absolute Gasteiger partial charge is 0.227 e. The molecule has 2 rings (SSSR count). The van der Waals surface area contributed by atoms with Crippen molar-refractivity contribution in [1.82, 2.24) is 10.2 Å². The molecule has 2 unspecified atom stereocenters. The van der Waals surface area contributed by atoms with Gasteiger partial charge in [-0.3, -0.25) is 9.59 Å². The molecule has 1 aliphatic heterocycles. The van der Waals surface area contributed by atoms with Crippen LogP contribution < -0.4 is 11.1 Å². The molecular weight excluding hydrogens is 314 g/mol. The lowest BCUT2D eigenvalue weighted by molar-refractivity contribution is -0.139. The summed E-state index contributed by atoms with van der Waals surface area (Å²) in [6, 6.07) is 9.44. The van der Waals surface area contributed by atoms with Gasteiger partial charge in [0.05, 0.1) is 5.92 Å². The Hall–Kier alpha value is -1.88. The van der Waals surface area contributed by atoms with Gasteiger partial charge in [-0.15, -0.1) is 0 Å². The minimum atomic E-state index is -0.302. The molecule has 1 fully saturated rings. The summed E-state index contributed by atoms with van der Waals surface area (Å²) in [5.74, 6) is -0.0212. The van der Waals surface area contributed by atoms with Crippen molar-refractivity contribution >= 4 is 11.8 Å². The average Bonchev–Trinajstić information content (AvgIpc) is 2.67. The zero-order valence-electron chi connectivity index (χ0n) is 15.4. The largest absolute Gasteiger partial charge is 0.356 e. The third-order valence-corrected chi connectivity index (χ3v) is 5.12. The van der Waals surface area contributed by atoms with E-state index in [2.05, 4.69) is 12.2 Å². The second-order valence-electron chi connectivity index (χ2n) is 6.97. The molecule has 0 spiro atoms. The maximum Gasteiger partial charge on any atom is 0.227 e. The van der Waals surface area contributed by atoms with Crippen LogP contribution in [-0.4, -0.2) is 36.3 Å². The lowest BCUT2D eigenvalue weighted by Gasteiger charge is -2.34. The van der Waals surface area contributed by atoms with Gasteiger partial charge < -0.3 is 16.0 Å². The predicted octanol–water partition coefficient (Wildman–Crippen LogP) is 2.48. The van der Waals surface area contributed by atoms with Crippen LogP contribution in [0.2, 0.25) is 0 Å². The van der Waals surface area contributed by atoms with Crippen molar-refractivity contribution < 1.29 is 9.59 Å². The number of hydrogen-bond acceptors (Lipinski definition) is 3. The van der Waals surface area contributed by atoms with E-state index < -0.39 is 0 Å². The van der Waals surface area contributed by atoms with E-state index >= 15 is 0 Å². The van der Waals surface area contributed by atoms with Crippen molar-refractivity contribution in [2.45, 2.75) is 45.6 Å². The Morgan fingerprint density at radius 2 is 1.88 bits per heavy atom. The number of nitrogens with zero attached hydrogens (tertiary/aromatic N) is 1. The number of likely N-dealkylation sites (tertiary alicyclic amines) is 1. The number of carbonyl (C=O) groups is 2. The number of benzene rings is 1. The zero-order valence-corrected chi connectivity index (χ0v) is 15.4. The van der Waals surface area contributed by atoms with Crippen LogP contribution in [0, 0.1) is 11.8 Å². The minimum Gasteiger partial charge on any atom is -0.356 e. The van der Waals surface area contributed by atoms with Crippen LogP contribution >= 0.6 is 0 Å². The number of carbonyl (C=O) groups excluding carboxylic acids is 2. The number of piperidine rings is 1. The molecule has 0 aliphatic carbocycles. The standard InChI is InChI=1S/C20H31N3O2/c1-3-4-12-22-19(24)17-10-13-23(14-11-17)20(25)15(2)18(21)16-8-6-5-7-9-16/h5-9,15,17-18H,3-4,10-14,21H2,1-2H3,(H,22,24). The van der Waals surface area contributed by atoms with Crippen LogP contribution in [0.15, 0.2) is 30.3 Å². The first kappa shape index (κ1) is 19.4. The van der Waals surface area contributed by atoms with Gasteiger partial charge in [-0.25, -0.2) is 0 Å². The fourth-order valence-corrected chi connectivity index (χ4v) is 3.30. The molecule has 5 nitrogen and oxygen atoms in total. The monoisotopic (exact) mass is 345 g/mol. The van der Waals surface area contributed by atoms with Gasteiger partial charge in [0.2, 0.25) is 11.8 Å². The van der Waals surface area contributed by atoms with Crippen LogP contribution in [-0.2, 0) is 9.59 Å². The molecule has 0 aromatic heterocycles.